The Morgan fingerprint density at radius 2 is 2.38 bits per heavy atom. The molecule has 1 aromatic rings. The Hall–Kier alpha value is -1.70. The molecule has 0 radical (unpaired) electrons. The average molecular weight is 202 g/mol. The van der Waals surface area contributed by atoms with E-state index in [1.165, 1.54) is 5.51 Å². The molecule has 1 heterocycles. The fourth-order valence-corrected chi connectivity index (χ4v) is 0.965. The smallest absolute Gasteiger partial charge is 0.323 e. The molecule has 1 rings (SSSR count). The van der Waals surface area contributed by atoms with Gasteiger partial charge in [0.2, 0.25) is 5.13 Å². The number of hydrogen-bond donors (Lipinski definition) is 3. The van der Waals surface area contributed by atoms with Gasteiger partial charge < -0.3 is 10.4 Å². The van der Waals surface area contributed by atoms with E-state index in [1.54, 1.807) is 0 Å². The molecule has 2 amide bonds. The number of anilines is 1. The zero-order valence-corrected chi connectivity index (χ0v) is 7.17. The molecule has 0 spiro atoms. The molecule has 13 heavy (non-hydrogen) atoms. The minimum absolute atomic E-state index is 0.322. The Balaban J connectivity index is 2.30. The lowest BCUT2D eigenvalue weighted by Gasteiger charge is -2.00. The van der Waals surface area contributed by atoms with Crippen LogP contribution < -0.4 is 10.6 Å². The summed E-state index contributed by atoms with van der Waals surface area (Å²) in [5, 5.41) is 20.0. The number of urea groups is 1. The monoisotopic (exact) mass is 202 g/mol. The molecule has 0 atom stereocenters. The van der Waals surface area contributed by atoms with Gasteiger partial charge in [0.1, 0.15) is 12.1 Å². The molecule has 0 aromatic carbocycles. The number of carboxylic acids is 1. The number of nitrogens with one attached hydrogen (secondary N) is 2. The lowest BCUT2D eigenvalue weighted by atomic mass is 10.6. The van der Waals surface area contributed by atoms with Crippen molar-refractivity contribution in [3.8, 4) is 0 Å². The highest BCUT2D eigenvalue weighted by molar-refractivity contribution is 7.13. The van der Waals surface area contributed by atoms with Gasteiger partial charge in [-0.1, -0.05) is 11.3 Å². The number of aliphatic carboxylic acids is 1. The number of rotatable bonds is 3. The minimum atomic E-state index is -1.10. The topological polar surface area (TPSA) is 104 Å². The van der Waals surface area contributed by atoms with Crippen LogP contribution in [0.5, 0.6) is 0 Å². The first-order valence-electron chi connectivity index (χ1n) is 3.21. The zero-order chi connectivity index (χ0) is 9.68. The highest BCUT2D eigenvalue weighted by Crippen LogP contribution is 2.06. The molecule has 3 N–H and O–H groups in total. The second-order valence-corrected chi connectivity index (χ2v) is 2.78. The third kappa shape index (κ3) is 3.47. The van der Waals surface area contributed by atoms with Gasteiger partial charge in [-0.05, 0) is 0 Å². The lowest BCUT2D eigenvalue weighted by Crippen LogP contribution is -2.33. The zero-order valence-electron chi connectivity index (χ0n) is 6.35. The molecule has 1 aromatic heterocycles. The summed E-state index contributed by atoms with van der Waals surface area (Å²) in [4.78, 5) is 20.9. The molecule has 70 valence electrons. The molecule has 0 bridgehead atoms. The van der Waals surface area contributed by atoms with Crippen LogP contribution in [-0.4, -0.2) is 33.8 Å². The van der Waals surface area contributed by atoms with Gasteiger partial charge >= 0.3 is 12.0 Å². The Labute approximate surface area is 76.8 Å². The molecule has 0 unspecified atom stereocenters. The second-order valence-electron chi connectivity index (χ2n) is 1.95. The number of carbonyl (C=O) groups is 2. The number of nitrogens with zero attached hydrogens (tertiary/aromatic N) is 2. The molecule has 0 aliphatic carbocycles. The SMILES string of the molecule is O=C(O)CNC(=O)Nc1nncs1. The molecular weight excluding hydrogens is 196 g/mol. The number of amides is 2. The van der Waals surface area contributed by atoms with E-state index in [1.807, 2.05) is 0 Å². The first-order valence-corrected chi connectivity index (χ1v) is 4.09. The fraction of sp³-hybridized carbons (Fsp3) is 0.200. The van der Waals surface area contributed by atoms with Crippen LogP contribution in [0.15, 0.2) is 5.51 Å². The summed E-state index contributed by atoms with van der Waals surface area (Å²) in [6.07, 6.45) is 0. The van der Waals surface area contributed by atoms with Gasteiger partial charge in [-0.15, -0.1) is 10.2 Å². The highest BCUT2D eigenvalue weighted by atomic mass is 32.1. The van der Waals surface area contributed by atoms with E-state index in [2.05, 4.69) is 20.8 Å². The van der Waals surface area contributed by atoms with Crippen LogP contribution in [0.4, 0.5) is 9.93 Å². The number of hydrogen-bond acceptors (Lipinski definition) is 5. The van der Waals surface area contributed by atoms with E-state index in [0.29, 0.717) is 5.13 Å². The Bertz CT molecular complexity index is 299. The second kappa shape index (κ2) is 4.36. The third-order valence-corrected chi connectivity index (χ3v) is 1.59. The van der Waals surface area contributed by atoms with Crippen LogP contribution in [0, 0.1) is 0 Å². The summed E-state index contributed by atoms with van der Waals surface area (Å²) in [5.74, 6) is -1.10. The van der Waals surface area contributed by atoms with Crippen LogP contribution in [0.3, 0.4) is 0 Å². The molecule has 0 aliphatic heterocycles. The van der Waals surface area contributed by atoms with Gasteiger partial charge in [-0.25, -0.2) is 4.79 Å². The van der Waals surface area contributed by atoms with E-state index in [4.69, 9.17) is 5.11 Å². The molecule has 0 aliphatic rings. The Morgan fingerprint density at radius 3 is 2.92 bits per heavy atom. The van der Waals surface area contributed by atoms with Crippen LogP contribution in [-0.2, 0) is 4.79 Å². The maximum atomic E-state index is 10.9. The molecule has 7 nitrogen and oxygen atoms in total. The van der Waals surface area contributed by atoms with Crippen molar-refractivity contribution in [2.45, 2.75) is 0 Å². The standard InChI is InChI=1S/C5H6N4O3S/c10-3(11)1-6-4(12)8-5-9-7-2-13-5/h2H,1H2,(H,10,11)(H2,6,8,9,12). The first-order chi connectivity index (χ1) is 6.18. The van der Waals surface area contributed by atoms with Crippen LogP contribution in [0.25, 0.3) is 0 Å². The summed E-state index contributed by atoms with van der Waals surface area (Å²) < 4.78 is 0. The van der Waals surface area contributed by atoms with Crippen molar-refractivity contribution in [3.63, 3.8) is 0 Å². The van der Waals surface area contributed by atoms with E-state index in [0.717, 1.165) is 11.3 Å². The van der Waals surface area contributed by atoms with Crippen molar-refractivity contribution < 1.29 is 14.7 Å². The predicted molar refractivity (Wildman–Crippen MR) is 44.6 cm³/mol. The van der Waals surface area contributed by atoms with Gasteiger partial charge in [0.25, 0.3) is 0 Å². The van der Waals surface area contributed by atoms with Crippen LogP contribution >= 0.6 is 11.3 Å². The van der Waals surface area contributed by atoms with E-state index in [9.17, 15) is 9.59 Å². The van der Waals surface area contributed by atoms with Gasteiger partial charge in [0.05, 0.1) is 0 Å². The molecular formula is C5H6N4O3S. The van der Waals surface area contributed by atoms with E-state index >= 15 is 0 Å². The van der Waals surface area contributed by atoms with Crippen molar-refractivity contribution in [1.29, 1.82) is 0 Å². The fourth-order valence-electron chi connectivity index (χ4n) is 0.525. The third-order valence-electron chi connectivity index (χ3n) is 0.981. The van der Waals surface area contributed by atoms with E-state index < -0.39 is 18.5 Å². The largest absolute Gasteiger partial charge is 0.480 e. The summed E-state index contributed by atoms with van der Waals surface area (Å²) in [5.41, 5.74) is 1.45. The van der Waals surface area contributed by atoms with Crippen molar-refractivity contribution in [3.05, 3.63) is 5.51 Å². The van der Waals surface area contributed by atoms with Crippen molar-refractivity contribution in [1.82, 2.24) is 15.5 Å². The van der Waals surface area contributed by atoms with Gasteiger partial charge in [-0.2, -0.15) is 0 Å². The number of aromatic nitrogens is 2. The number of carbonyl (C=O) groups excluding carboxylic acids is 1. The summed E-state index contributed by atoms with van der Waals surface area (Å²) in [7, 11) is 0. The van der Waals surface area contributed by atoms with Crippen molar-refractivity contribution >= 4 is 28.5 Å². The molecule has 0 saturated carbocycles. The summed E-state index contributed by atoms with van der Waals surface area (Å²) in [6.45, 7) is -0.426. The lowest BCUT2D eigenvalue weighted by molar-refractivity contribution is -0.135. The molecule has 0 fully saturated rings. The van der Waals surface area contributed by atoms with Gasteiger partial charge in [0, 0.05) is 0 Å². The maximum absolute atomic E-state index is 10.9. The maximum Gasteiger partial charge on any atom is 0.323 e. The highest BCUT2D eigenvalue weighted by Gasteiger charge is 2.04. The molecule has 0 saturated heterocycles. The van der Waals surface area contributed by atoms with Gasteiger partial charge in [-0.3, -0.25) is 10.1 Å². The molecule has 8 heteroatoms. The van der Waals surface area contributed by atoms with Crippen LogP contribution in [0.2, 0.25) is 0 Å². The first kappa shape index (κ1) is 9.39. The average Bonchev–Trinajstić information content (AvgIpc) is 2.53. The van der Waals surface area contributed by atoms with Crippen LogP contribution in [0.1, 0.15) is 0 Å². The van der Waals surface area contributed by atoms with E-state index in [-0.39, 0.29) is 0 Å². The Morgan fingerprint density at radius 1 is 1.62 bits per heavy atom. The predicted octanol–water partition coefficient (Wildman–Crippen LogP) is -0.256. The minimum Gasteiger partial charge on any atom is -0.480 e. The van der Waals surface area contributed by atoms with Crippen molar-refractivity contribution in [2.24, 2.45) is 0 Å². The Kier molecular flexibility index (Phi) is 3.15. The summed E-state index contributed by atoms with van der Waals surface area (Å²) in [6, 6.07) is -0.612. The quantitative estimate of drug-likeness (QED) is 0.626. The van der Waals surface area contributed by atoms with Crippen molar-refractivity contribution in [2.75, 3.05) is 11.9 Å². The normalized spacial score (nSPS) is 9.23. The van der Waals surface area contributed by atoms with Gasteiger partial charge in [0.15, 0.2) is 0 Å². The number of carboxylic acid groups (broad SMARTS) is 1. The summed E-state index contributed by atoms with van der Waals surface area (Å²) >= 11 is 1.14.